The molecule has 4 nitrogen and oxygen atoms in total. The van der Waals surface area contributed by atoms with Crippen molar-refractivity contribution < 1.29 is 4.74 Å². The standard InChI is InChI=1S/C15H21N3O/c1-2-8-14-13(7-1)17-15(18-14)19-10-4-6-12-5-3-9-16-11-12/h1-2,7-8,12,16H,3-6,9-11H2,(H,17,18)/t12-/m0/s1. The number of aromatic nitrogens is 2. The van der Waals surface area contributed by atoms with Crippen molar-refractivity contribution >= 4 is 11.0 Å². The molecule has 0 spiro atoms. The molecule has 1 aromatic carbocycles. The quantitative estimate of drug-likeness (QED) is 0.812. The van der Waals surface area contributed by atoms with E-state index in [-0.39, 0.29) is 0 Å². The average Bonchev–Trinajstić information content (AvgIpc) is 2.87. The third-order valence-corrected chi connectivity index (χ3v) is 3.76. The summed E-state index contributed by atoms with van der Waals surface area (Å²) in [5.74, 6) is 0.827. The van der Waals surface area contributed by atoms with Crippen molar-refractivity contribution in [1.82, 2.24) is 15.3 Å². The summed E-state index contributed by atoms with van der Waals surface area (Å²) in [6, 6.07) is 8.64. The monoisotopic (exact) mass is 259 g/mol. The van der Waals surface area contributed by atoms with Gasteiger partial charge >= 0.3 is 0 Å². The lowest BCUT2D eigenvalue weighted by molar-refractivity contribution is 0.262. The van der Waals surface area contributed by atoms with Gasteiger partial charge in [0, 0.05) is 0 Å². The SMILES string of the molecule is c1ccc2[nH]c(OCCC[C@@H]3CCCNC3)nc2c1. The molecule has 102 valence electrons. The third kappa shape index (κ3) is 3.26. The van der Waals surface area contributed by atoms with E-state index in [2.05, 4.69) is 15.3 Å². The van der Waals surface area contributed by atoms with Crippen LogP contribution in [0.1, 0.15) is 25.7 Å². The Hall–Kier alpha value is -1.55. The maximum absolute atomic E-state index is 5.69. The second-order valence-corrected chi connectivity index (χ2v) is 5.26. The molecule has 3 rings (SSSR count). The molecular weight excluding hydrogens is 238 g/mol. The molecule has 0 aliphatic carbocycles. The average molecular weight is 259 g/mol. The molecular formula is C15H21N3O. The van der Waals surface area contributed by atoms with E-state index in [9.17, 15) is 0 Å². The number of H-pyrrole nitrogens is 1. The van der Waals surface area contributed by atoms with Gasteiger partial charge in [-0.15, -0.1) is 0 Å². The summed E-state index contributed by atoms with van der Waals surface area (Å²) in [5, 5.41) is 3.45. The Morgan fingerprint density at radius 2 is 2.26 bits per heavy atom. The van der Waals surface area contributed by atoms with E-state index in [1.807, 2.05) is 24.3 Å². The first kappa shape index (κ1) is 12.5. The molecule has 2 N–H and O–H groups in total. The number of hydrogen-bond acceptors (Lipinski definition) is 3. The molecule has 0 saturated carbocycles. The molecule has 4 heteroatoms. The lowest BCUT2D eigenvalue weighted by Gasteiger charge is -2.22. The van der Waals surface area contributed by atoms with Crippen LogP contribution in [0.5, 0.6) is 6.01 Å². The number of rotatable bonds is 5. The highest BCUT2D eigenvalue weighted by atomic mass is 16.5. The van der Waals surface area contributed by atoms with Crippen molar-refractivity contribution in [3.8, 4) is 6.01 Å². The van der Waals surface area contributed by atoms with Crippen LogP contribution in [-0.2, 0) is 0 Å². The van der Waals surface area contributed by atoms with Crippen molar-refractivity contribution in [3.63, 3.8) is 0 Å². The van der Waals surface area contributed by atoms with Gasteiger partial charge < -0.3 is 15.0 Å². The molecule has 1 fully saturated rings. The van der Waals surface area contributed by atoms with Crippen molar-refractivity contribution in [3.05, 3.63) is 24.3 Å². The summed E-state index contributed by atoms with van der Waals surface area (Å²) in [6.07, 6.45) is 5.02. The number of imidazole rings is 1. The zero-order chi connectivity index (χ0) is 12.9. The predicted molar refractivity (Wildman–Crippen MR) is 76.4 cm³/mol. The van der Waals surface area contributed by atoms with Gasteiger partial charge in [0.25, 0.3) is 6.01 Å². The Kier molecular flexibility index (Phi) is 3.98. The molecule has 0 radical (unpaired) electrons. The minimum atomic E-state index is 0.642. The van der Waals surface area contributed by atoms with Gasteiger partial charge in [0.05, 0.1) is 17.6 Å². The third-order valence-electron chi connectivity index (χ3n) is 3.76. The van der Waals surface area contributed by atoms with Crippen LogP contribution in [0.2, 0.25) is 0 Å². The number of hydrogen-bond donors (Lipinski definition) is 2. The number of piperidine rings is 1. The molecule has 1 aliphatic heterocycles. The second kappa shape index (κ2) is 6.06. The van der Waals surface area contributed by atoms with Crippen LogP contribution in [-0.4, -0.2) is 29.7 Å². The van der Waals surface area contributed by atoms with E-state index in [0.717, 1.165) is 30.0 Å². The van der Waals surface area contributed by atoms with Crippen LogP contribution in [0.25, 0.3) is 11.0 Å². The summed E-state index contributed by atoms with van der Waals surface area (Å²) >= 11 is 0. The predicted octanol–water partition coefficient (Wildman–Crippen LogP) is 2.72. The Labute approximate surface area is 113 Å². The first-order valence-electron chi connectivity index (χ1n) is 7.20. The molecule has 1 saturated heterocycles. The van der Waals surface area contributed by atoms with Crippen molar-refractivity contribution in [2.24, 2.45) is 5.92 Å². The summed E-state index contributed by atoms with van der Waals surface area (Å²) in [7, 11) is 0. The van der Waals surface area contributed by atoms with Gasteiger partial charge in [-0.1, -0.05) is 12.1 Å². The Balaban J connectivity index is 1.44. The zero-order valence-corrected chi connectivity index (χ0v) is 11.2. The van der Waals surface area contributed by atoms with Crippen LogP contribution < -0.4 is 10.1 Å². The van der Waals surface area contributed by atoms with Crippen molar-refractivity contribution in [1.29, 1.82) is 0 Å². The lowest BCUT2D eigenvalue weighted by atomic mass is 9.95. The van der Waals surface area contributed by atoms with Crippen LogP contribution in [0, 0.1) is 5.92 Å². The molecule has 0 bridgehead atoms. The van der Waals surface area contributed by atoms with Gasteiger partial charge in [-0.25, -0.2) is 0 Å². The molecule has 0 amide bonds. The van der Waals surface area contributed by atoms with Crippen LogP contribution >= 0.6 is 0 Å². The first-order chi connectivity index (χ1) is 9.42. The molecule has 19 heavy (non-hydrogen) atoms. The Morgan fingerprint density at radius 1 is 1.32 bits per heavy atom. The first-order valence-corrected chi connectivity index (χ1v) is 7.20. The number of benzene rings is 1. The topological polar surface area (TPSA) is 49.9 Å². The smallest absolute Gasteiger partial charge is 0.294 e. The number of fused-ring (bicyclic) bond motifs is 1. The van der Waals surface area contributed by atoms with Gasteiger partial charge in [0.2, 0.25) is 0 Å². The highest BCUT2D eigenvalue weighted by molar-refractivity contribution is 5.75. The van der Waals surface area contributed by atoms with Gasteiger partial charge in [-0.3, -0.25) is 0 Å². The number of aromatic amines is 1. The molecule has 1 aromatic heterocycles. The fourth-order valence-electron chi connectivity index (χ4n) is 2.71. The van der Waals surface area contributed by atoms with Crippen LogP contribution in [0.15, 0.2) is 24.3 Å². The van der Waals surface area contributed by atoms with E-state index in [1.54, 1.807) is 0 Å². The molecule has 2 heterocycles. The highest BCUT2D eigenvalue weighted by Gasteiger charge is 2.12. The van der Waals surface area contributed by atoms with Gasteiger partial charge in [0.15, 0.2) is 0 Å². The van der Waals surface area contributed by atoms with E-state index in [0.29, 0.717) is 6.01 Å². The van der Waals surface area contributed by atoms with Crippen LogP contribution in [0.3, 0.4) is 0 Å². The van der Waals surface area contributed by atoms with E-state index < -0.39 is 0 Å². The Bertz CT molecular complexity index is 484. The largest absolute Gasteiger partial charge is 0.465 e. The van der Waals surface area contributed by atoms with E-state index >= 15 is 0 Å². The van der Waals surface area contributed by atoms with Gasteiger partial charge in [-0.05, 0) is 56.8 Å². The number of ether oxygens (including phenoxy) is 1. The molecule has 0 unspecified atom stereocenters. The fraction of sp³-hybridized carbons (Fsp3) is 0.533. The minimum absolute atomic E-state index is 0.642. The zero-order valence-electron chi connectivity index (χ0n) is 11.2. The molecule has 1 atom stereocenters. The lowest BCUT2D eigenvalue weighted by Crippen LogP contribution is -2.29. The minimum Gasteiger partial charge on any atom is -0.465 e. The van der Waals surface area contributed by atoms with E-state index in [4.69, 9.17) is 4.74 Å². The number of para-hydroxylation sites is 2. The second-order valence-electron chi connectivity index (χ2n) is 5.26. The fourth-order valence-corrected chi connectivity index (χ4v) is 2.71. The molecule has 2 aromatic rings. The highest BCUT2D eigenvalue weighted by Crippen LogP contribution is 2.17. The number of nitrogens with one attached hydrogen (secondary N) is 2. The summed E-state index contributed by atoms with van der Waals surface area (Å²) < 4.78 is 5.69. The van der Waals surface area contributed by atoms with E-state index in [1.165, 1.54) is 32.4 Å². The summed E-state index contributed by atoms with van der Waals surface area (Å²) in [5.41, 5.74) is 2.00. The molecule has 1 aliphatic rings. The summed E-state index contributed by atoms with van der Waals surface area (Å²) in [6.45, 7) is 3.10. The van der Waals surface area contributed by atoms with Crippen molar-refractivity contribution in [2.75, 3.05) is 19.7 Å². The van der Waals surface area contributed by atoms with Crippen molar-refractivity contribution in [2.45, 2.75) is 25.7 Å². The summed E-state index contributed by atoms with van der Waals surface area (Å²) in [4.78, 5) is 7.60. The van der Waals surface area contributed by atoms with Crippen LogP contribution in [0.4, 0.5) is 0 Å². The normalized spacial score (nSPS) is 19.7. The van der Waals surface area contributed by atoms with Gasteiger partial charge in [-0.2, -0.15) is 4.98 Å². The number of nitrogens with zero attached hydrogens (tertiary/aromatic N) is 1. The Morgan fingerprint density at radius 3 is 3.11 bits per heavy atom. The maximum atomic E-state index is 5.69. The maximum Gasteiger partial charge on any atom is 0.294 e. The van der Waals surface area contributed by atoms with Gasteiger partial charge in [0.1, 0.15) is 0 Å².